The van der Waals surface area contributed by atoms with Gasteiger partial charge in [0.15, 0.2) is 0 Å². The third kappa shape index (κ3) is 2.14. The fourth-order valence-corrected chi connectivity index (χ4v) is 1.87. The van der Waals surface area contributed by atoms with Crippen molar-refractivity contribution in [2.24, 2.45) is 0 Å². The number of hydrogen-bond acceptors (Lipinski definition) is 4. The summed E-state index contributed by atoms with van der Waals surface area (Å²) in [4.78, 5) is 14.8. The van der Waals surface area contributed by atoms with Crippen LogP contribution in [0, 0.1) is 16.2 Å². The molecule has 0 atom stereocenters. The maximum absolute atomic E-state index is 10.9. The molecule has 16 heavy (non-hydrogen) atoms. The first-order valence-corrected chi connectivity index (χ1v) is 5.26. The van der Waals surface area contributed by atoms with Crippen molar-refractivity contribution in [2.45, 2.75) is 0 Å². The molecule has 0 aromatic heterocycles. The molecule has 2 rings (SSSR count). The fourth-order valence-electron chi connectivity index (χ4n) is 1.87. The molecule has 1 aliphatic heterocycles. The molecule has 0 unspecified atom stereocenters. The molecule has 1 heterocycles. The van der Waals surface area contributed by atoms with Gasteiger partial charge in [-0.3, -0.25) is 10.1 Å². The van der Waals surface area contributed by atoms with Crippen molar-refractivity contribution in [2.75, 3.05) is 38.1 Å². The average molecular weight is 220 g/mol. The summed E-state index contributed by atoms with van der Waals surface area (Å²) in [5.74, 6) is 0. The Bertz CT molecular complexity index is 387. The van der Waals surface area contributed by atoms with Gasteiger partial charge in [-0.25, -0.2) is 0 Å². The number of nitro groups is 1. The van der Waals surface area contributed by atoms with E-state index in [1.54, 1.807) is 12.1 Å². The molecule has 0 N–H and O–H groups in total. The number of piperazine rings is 1. The lowest BCUT2D eigenvalue weighted by molar-refractivity contribution is -0.384. The maximum Gasteiger partial charge on any atom is 0.293 e. The number of hydrogen-bond donors (Lipinski definition) is 0. The van der Waals surface area contributed by atoms with E-state index in [9.17, 15) is 10.1 Å². The molecule has 1 radical (unpaired) electrons. The summed E-state index contributed by atoms with van der Waals surface area (Å²) in [7, 11) is 2.06. The second-order valence-electron chi connectivity index (χ2n) is 3.96. The summed E-state index contributed by atoms with van der Waals surface area (Å²) in [6.45, 7) is 3.55. The van der Waals surface area contributed by atoms with Crippen molar-refractivity contribution in [3.63, 3.8) is 0 Å². The second kappa shape index (κ2) is 4.49. The molecular formula is C11H14N3O2. The van der Waals surface area contributed by atoms with Gasteiger partial charge in [-0.05, 0) is 19.2 Å². The van der Waals surface area contributed by atoms with Crippen molar-refractivity contribution in [1.82, 2.24) is 4.90 Å². The van der Waals surface area contributed by atoms with Gasteiger partial charge in [0.2, 0.25) is 0 Å². The first-order valence-electron chi connectivity index (χ1n) is 5.26. The van der Waals surface area contributed by atoms with E-state index in [2.05, 4.69) is 22.9 Å². The molecule has 1 aromatic rings. The number of anilines is 1. The van der Waals surface area contributed by atoms with E-state index in [1.807, 2.05) is 0 Å². The molecule has 0 saturated carbocycles. The van der Waals surface area contributed by atoms with Gasteiger partial charge < -0.3 is 9.80 Å². The number of nitrogens with zero attached hydrogens (tertiary/aromatic N) is 3. The minimum Gasteiger partial charge on any atom is -0.363 e. The van der Waals surface area contributed by atoms with Crippen LogP contribution >= 0.6 is 0 Å². The van der Waals surface area contributed by atoms with Crippen LogP contribution in [0.25, 0.3) is 0 Å². The maximum atomic E-state index is 10.9. The molecule has 0 aliphatic carbocycles. The smallest absolute Gasteiger partial charge is 0.293 e. The van der Waals surface area contributed by atoms with Crippen molar-refractivity contribution < 1.29 is 4.92 Å². The van der Waals surface area contributed by atoms with Gasteiger partial charge in [0, 0.05) is 32.2 Å². The zero-order valence-electron chi connectivity index (χ0n) is 9.22. The quantitative estimate of drug-likeness (QED) is 0.554. The molecule has 1 saturated heterocycles. The molecule has 85 valence electrons. The van der Waals surface area contributed by atoms with Crippen LogP contribution in [-0.4, -0.2) is 43.0 Å². The molecule has 1 aromatic carbocycles. The Kier molecular flexibility index (Phi) is 3.05. The molecule has 5 heteroatoms. The van der Waals surface area contributed by atoms with Gasteiger partial charge >= 0.3 is 0 Å². The van der Waals surface area contributed by atoms with Crippen LogP contribution in [0.3, 0.4) is 0 Å². The largest absolute Gasteiger partial charge is 0.363 e. The van der Waals surface area contributed by atoms with E-state index >= 15 is 0 Å². The summed E-state index contributed by atoms with van der Waals surface area (Å²) < 4.78 is 0. The Morgan fingerprint density at radius 2 is 2.06 bits per heavy atom. The van der Waals surface area contributed by atoms with Crippen molar-refractivity contribution in [1.29, 1.82) is 0 Å². The Hall–Kier alpha value is -1.62. The summed E-state index contributed by atoms with van der Waals surface area (Å²) >= 11 is 0. The second-order valence-corrected chi connectivity index (χ2v) is 3.96. The van der Waals surface area contributed by atoms with Crippen LogP contribution in [0.1, 0.15) is 0 Å². The molecule has 5 nitrogen and oxygen atoms in total. The molecule has 1 aliphatic rings. The van der Waals surface area contributed by atoms with E-state index in [-0.39, 0.29) is 10.6 Å². The van der Waals surface area contributed by atoms with E-state index in [0.717, 1.165) is 26.2 Å². The van der Waals surface area contributed by atoms with Gasteiger partial charge in [0.25, 0.3) is 5.69 Å². The summed E-state index contributed by atoms with van der Waals surface area (Å²) in [5, 5.41) is 10.9. The highest BCUT2D eigenvalue weighted by molar-refractivity contribution is 5.63. The Labute approximate surface area is 94.4 Å². The van der Waals surface area contributed by atoms with Gasteiger partial charge in [0.1, 0.15) is 5.69 Å². The molecular weight excluding hydrogens is 206 g/mol. The SMILES string of the molecule is CN1CCN(c2cc[c]cc2[N+](=O)[O-])CC1. The average Bonchev–Trinajstić information content (AvgIpc) is 2.30. The monoisotopic (exact) mass is 220 g/mol. The summed E-state index contributed by atoms with van der Waals surface area (Å²) in [5.41, 5.74) is 0.851. The van der Waals surface area contributed by atoms with Crippen molar-refractivity contribution >= 4 is 11.4 Å². The predicted octanol–water partition coefficient (Wildman–Crippen LogP) is 1.15. The normalized spacial score (nSPS) is 17.4. The molecule has 0 spiro atoms. The minimum atomic E-state index is -0.343. The van der Waals surface area contributed by atoms with Crippen LogP contribution in [0.2, 0.25) is 0 Å². The lowest BCUT2D eigenvalue weighted by Gasteiger charge is -2.33. The first-order chi connectivity index (χ1) is 7.68. The highest BCUT2D eigenvalue weighted by Crippen LogP contribution is 2.27. The summed E-state index contributed by atoms with van der Waals surface area (Å²) in [6.07, 6.45) is 0. The van der Waals surface area contributed by atoms with Crippen molar-refractivity contribution in [3.05, 3.63) is 34.4 Å². The summed E-state index contributed by atoms with van der Waals surface area (Å²) in [6, 6.07) is 7.68. The third-order valence-electron chi connectivity index (χ3n) is 2.86. The van der Waals surface area contributed by atoms with E-state index in [0.29, 0.717) is 5.69 Å². The minimum absolute atomic E-state index is 0.145. The van der Waals surface area contributed by atoms with E-state index < -0.39 is 0 Å². The Balaban J connectivity index is 2.23. The van der Waals surface area contributed by atoms with Gasteiger partial charge in [-0.2, -0.15) is 0 Å². The Morgan fingerprint density at radius 1 is 1.38 bits per heavy atom. The molecule has 1 fully saturated rings. The van der Waals surface area contributed by atoms with Crippen LogP contribution in [0.4, 0.5) is 11.4 Å². The van der Waals surface area contributed by atoms with Crippen LogP contribution in [-0.2, 0) is 0 Å². The highest BCUT2D eigenvalue weighted by Gasteiger charge is 2.21. The topological polar surface area (TPSA) is 49.6 Å². The standard InChI is InChI=1S/C11H14N3O2/c1-12-6-8-13(9-7-12)10-4-2-3-5-11(10)14(15)16/h2,4-5H,6-9H2,1H3. The van der Waals surface area contributed by atoms with Crippen LogP contribution < -0.4 is 4.90 Å². The number of rotatable bonds is 2. The van der Waals surface area contributed by atoms with Gasteiger partial charge in [-0.1, -0.05) is 6.07 Å². The van der Waals surface area contributed by atoms with Gasteiger partial charge in [-0.15, -0.1) is 0 Å². The van der Waals surface area contributed by atoms with Crippen molar-refractivity contribution in [3.8, 4) is 0 Å². The predicted molar refractivity (Wildman–Crippen MR) is 61.6 cm³/mol. The Morgan fingerprint density at radius 3 is 2.69 bits per heavy atom. The van der Waals surface area contributed by atoms with Gasteiger partial charge in [0.05, 0.1) is 4.92 Å². The number of likely N-dealkylation sites (N-methyl/N-ethyl adjacent to an activating group) is 1. The number of benzene rings is 1. The zero-order chi connectivity index (χ0) is 11.5. The van der Waals surface area contributed by atoms with Crippen LogP contribution in [0.5, 0.6) is 0 Å². The molecule has 0 amide bonds. The van der Waals surface area contributed by atoms with E-state index in [1.165, 1.54) is 6.07 Å². The van der Waals surface area contributed by atoms with E-state index in [4.69, 9.17) is 0 Å². The highest BCUT2D eigenvalue weighted by atomic mass is 16.6. The number of nitro benzene ring substituents is 1. The lowest BCUT2D eigenvalue weighted by atomic mass is 10.2. The lowest BCUT2D eigenvalue weighted by Crippen LogP contribution is -2.44. The zero-order valence-corrected chi connectivity index (χ0v) is 9.22. The fraction of sp³-hybridized carbons (Fsp3) is 0.455. The third-order valence-corrected chi connectivity index (χ3v) is 2.86. The molecule has 0 bridgehead atoms. The van der Waals surface area contributed by atoms with Crippen LogP contribution in [0.15, 0.2) is 18.2 Å². The first kappa shape index (κ1) is 10.9.